The number of hydrogen-bond donors (Lipinski definition) is 1. The van der Waals surface area contributed by atoms with Crippen LogP contribution in [-0.4, -0.2) is 81.0 Å². The highest BCUT2D eigenvalue weighted by atomic mass is 16.7. The number of amides is 2. The van der Waals surface area contributed by atoms with Crippen LogP contribution in [0.4, 0.5) is 5.69 Å². The summed E-state index contributed by atoms with van der Waals surface area (Å²) >= 11 is 0. The van der Waals surface area contributed by atoms with E-state index in [1.807, 2.05) is 0 Å². The SMILES string of the molecule is CO[C@H]1CN(C)C(=O)c2cc(NC(=O)c3ccc4c(c3)OCO4)ccc2OC[C@@H](C)N(CC2CC2)C[C@@H]1C. The Kier molecular flexibility index (Phi) is 7.76. The van der Waals surface area contributed by atoms with Gasteiger partial charge in [0.25, 0.3) is 11.8 Å². The fourth-order valence-electron chi connectivity index (χ4n) is 5.06. The van der Waals surface area contributed by atoms with E-state index < -0.39 is 0 Å². The van der Waals surface area contributed by atoms with Crippen molar-refractivity contribution in [2.24, 2.45) is 11.8 Å². The lowest BCUT2D eigenvalue weighted by Crippen LogP contribution is -2.47. The van der Waals surface area contributed by atoms with Crippen molar-refractivity contribution in [2.45, 2.75) is 38.8 Å². The Balaban J connectivity index is 1.39. The molecule has 2 heterocycles. The van der Waals surface area contributed by atoms with E-state index in [1.165, 1.54) is 12.8 Å². The van der Waals surface area contributed by atoms with Crippen LogP contribution in [0.1, 0.15) is 47.4 Å². The van der Waals surface area contributed by atoms with E-state index in [9.17, 15) is 9.59 Å². The number of nitrogens with zero attached hydrogens (tertiary/aromatic N) is 2. The van der Waals surface area contributed by atoms with E-state index in [4.69, 9.17) is 18.9 Å². The molecule has 2 aromatic carbocycles. The van der Waals surface area contributed by atoms with E-state index in [2.05, 4.69) is 24.1 Å². The Morgan fingerprint density at radius 1 is 1.03 bits per heavy atom. The normalized spacial score (nSPS) is 24.2. The van der Waals surface area contributed by atoms with Gasteiger partial charge in [-0.15, -0.1) is 0 Å². The second kappa shape index (κ2) is 11.2. The molecule has 0 aromatic heterocycles. The highest BCUT2D eigenvalue weighted by molar-refractivity contribution is 6.06. The van der Waals surface area contributed by atoms with Gasteiger partial charge in [-0.25, -0.2) is 0 Å². The number of likely N-dealkylation sites (N-methyl/N-ethyl adjacent to an activating group) is 1. The minimum Gasteiger partial charge on any atom is -0.491 e. The van der Waals surface area contributed by atoms with E-state index in [0.717, 1.165) is 19.0 Å². The van der Waals surface area contributed by atoms with Crippen LogP contribution in [-0.2, 0) is 4.74 Å². The van der Waals surface area contributed by atoms with E-state index in [0.29, 0.717) is 47.2 Å². The third-order valence-corrected chi connectivity index (χ3v) is 7.66. The van der Waals surface area contributed by atoms with Crippen molar-refractivity contribution in [2.75, 3.05) is 52.5 Å². The molecule has 9 heteroatoms. The second-order valence-corrected chi connectivity index (χ2v) is 10.7. The van der Waals surface area contributed by atoms with Crippen molar-refractivity contribution < 1.29 is 28.5 Å². The van der Waals surface area contributed by atoms with E-state index in [1.54, 1.807) is 55.5 Å². The second-order valence-electron chi connectivity index (χ2n) is 10.7. The number of benzene rings is 2. The zero-order chi connectivity index (χ0) is 26.8. The van der Waals surface area contributed by atoms with Crippen LogP contribution in [0.3, 0.4) is 0 Å². The molecule has 1 aliphatic carbocycles. The van der Waals surface area contributed by atoms with Crippen molar-refractivity contribution in [3.63, 3.8) is 0 Å². The highest BCUT2D eigenvalue weighted by Crippen LogP contribution is 2.34. The lowest BCUT2D eigenvalue weighted by molar-refractivity contribution is 0.00994. The van der Waals surface area contributed by atoms with Gasteiger partial charge in [-0.1, -0.05) is 6.92 Å². The molecule has 38 heavy (non-hydrogen) atoms. The van der Waals surface area contributed by atoms with Crippen LogP contribution in [0.5, 0.6) is 17.2 Å². The van der Waals surface area contributed by atoms with Crippen LogP contribution >= 0.6 is 0 Å². The van der Waals surface area contributed by atoms with Crippen LogP contribution in [0.2, 0.25) is 0 Å². The topological polar surface area (TPSA) is 89.6 Å². The molecule has 0 spiro atoms. The molecule has 0 bridgehead atoms. The quantitative estimate of drug-likeness (QED) is 0.636. The molecule has 2 amide bonds. The Morgan fingerprint density at radius 3 is 2.55 bits per heavy atom. The average Bonchev–Trinajstić information content (AvgIpc) is 3.61. The molecule has 2 aromatic rings. The first-order chi connectivity index (χ1) is 18.3. The summed E-state index contributed by atoms with van der Waals surface area (Å²) in [5.41, 5.74) is 1.34. The maximum absolute atomic E-state index is 13.6. The summed E-state index contributed by atoms with van der Waals surface area (Å²) < 4.78 is 22.8. The molecule has 9 nitrogen and oxygen atoms in total. The molecule has 0 unspecified atom stereocenters. The largest absolute Gasteiger partial charge is 0.491 e. The number of hydrogen-bond acceptors (Lipinski definition) is 7. The Hall–Kier alpha value is -3.30. The average molecular weight is 524 g/mol. The number of carbonyl (C=O) groups excluding carboxylic acids is 2. The molecule has 1 N–H and O–H groups in total. The van der Waals surface area contributed by atoms with Crippen molar-refractivity contribution in [1.29, 1.82) is 0 Å². The van der Waals surface area contributed by atoms with Crippen LogP contribution < -0.4 is 19.5 Å². The fraction of sp³-hybridized carbons (Fsp3) is 0.517. The van der Waals surface area contributed by atoms with Gasteiger partial charge >= 0.3 is 0 Å². The first kappa shape index (κ1) is 26.3. The maximum Gasteiger partial charge on any atom is 0.257 e. The number of carbonyl (C=O) groups is 2. The molecule has 5 rings (SSSR count). The summed E-state index contributed by atoms with van der Waals surface area (Å²) in [6.07, 6.45) is 2.47. The van der Waals surface area contributed by atoms with Gasteiger partial charge in [-0.3, -0.25) is 14.5 Å². The van der Waals surface area contributed by atoms with Gasteiger partial charge in [0.2, 0.25) is 6.79 Å². The first-order valence-corrected chi connectivity index (χ1v) is 13.3. The number of methoxy groups -OCH3 is 1. The van der Waals surface area contributed by atoms with Crippen molar-refractivity contribution in [1.82, 2.24) is 9.80 Å². The van der Waals surface area contributed by atoms with Crippen molar-refractivity contribution >= 4 is 17.5 Å². The zero-order valence-electron chi connectivity index (χ0n) is 22.6. The van der Waals surface area contributed by atoms with Crippen LogP contribution in [0.15, 0.2) is 36.4 Å². The Morgan fingerprint density at radius 2 is 1.79 bits per heavy atom. The standard InChI is InChI=1S/C29H37N3O6/c1-18-13-32(14-20-5-6-20)19(2)16-36-24-10-8-22(12-23(24)29(34)31(3)15-27(18)35-4)30-28(33)21-7-9-25-26(11-21)38-17-37-25/h7-12,18-20,27H,5-6,13-17H2,1-4H3,(H,30,33)/t18-,19+,27-/m0/s1. The minimum atomic E-state index is -0.310. The van der Waals surface area contributed by atoms with Crippen molar-refractivity contribution in [3.8, 4) is 17.2 Å². The summed E-state index contributed by atoms with van der Waals surface area (Å²) in [7, 11) is 3.49. The molecule has 1 fully saturated rings. The fourth-order valence-corrected chi connectivity index (χ4v) is 5.06. The smallest absolute Gasteiger partial charge is 0.257 e. The number of fused-ring (bicyclic) bond motifs is 2. The molecular weight excluding hydrogens is 486 g/mol. The number of anilines is 1. The predicted molar refractivity (Wildman–Crippen MR) is 143 cm³/mol. The van der Waals surface area contributed by atoms with Gasteiger partial charge in [-0.2, -0.15) is 0 Å². The molecular formula is C29H37N3O6. The van der Waals surface area contributed by atoms with Gasteiger partial charge < -0.3 is 29.2 Å². The Bertz CT molecular complexity index is 1180. The Labute approximate surface area is 224 Å². The molecule has 1 saturated carbocycles. The third-order valence-electron chi connectivity index (χ3n) is 7.66. The number of nitrogens with one attached hydrogen (secondary N) is 1. The van der Waals surface area contributed by atoms with Gasteiger partial charge in [0, 0.05) is 51.1 Å². The number of rotatable bonds is 5. The minimum absolute atomic E-state index is 0.101. The first-order valence-electron chi connectivity index (χ1n) is 13.3. The molecule has 0 saturated heterocycles. The molecule has 204 valence electrons. The summed E-state index contributed by atoms with van der Waals surface area (Å²) in [5.74, 6) is 2.15. The lowest BCUT2D eigenvalue weighted by Gasteiger charge is -2.36. The summed E-state index contributed by atoms with van der Waals surface area (Å²) in [4.78, 5) is 30.7. The van der Waals surface area contributed by atoms with Gasteiger partial charge in [0.05, 0.1) is 11.7 Å². The number of ether oxygens (including phenoxy) is 4. The monoisotopic (exact) mass is 523 g/mol. The van der Waals surface area contributed by atoms with Gasteiger partial charge in [-0.05, 0) is 68.0 Å². The van der Waals surface area contributed by atoms with Crippen molar-refractivity contribution in [3.05, 3.63) is 47.5 Å². The van der Waals surface area contributed by atoms with Crippen LogP contribution in [0, 0.1) is 11.8 Å². The highest BCUT2D eigenvalue weighted by Gasteiger charge is 2.32. The summed E-state index contributed by atoms with van der Waals surface area (Å²) in [5, 5.41) is 2.90. The molecule has 0 radical (unpaired) electrons. The molecule has 3 atom stereocenters. The molecule has 3 aliphatic rings. The predicted octanol–water partition coefficient (Wildman–Crippen LogP) is 3.88. The van der Waals surface area contributed by atoms with E-state index in [-0.39, 0.29) is 36.7 Å². The van der Waals surface area contributed by atoms with E-state index >= 15 is 0 Å². The summed E-state index contributed by atoms with van der Waals surface area (Å²) in [6, 6.07) is 10.4. The lowest BCUT2D eigenvalue weighted by atomic mass is 10.0. The maximum atomic E-state index is 13.6. The summed E-state index contributed by atoms with van der Waals surface area (Å²) in [6.45, 7) is 7.36. The third kappa shape index (κ3) is 5.89. The zero-order valence-corrected chi connectivity index (χ0v) is 22.6. The van der Waals surface area contributed by atoms with Crippen LogP contribution in [0.25, 0.3) is 0 Å². The van der Waals surface area contributed by atoms with Gasteiger partial charge in [0.1, 0.15) is 12.4 Å². The van der Waals surface area contributed by atoms with Gasteiger partial charge in [0.15, 0.2) is 11.5 Å². The molecule has 2 aliphatic heterocycles.